The summed E-state index contributed by atoms with van der Waals surface area (Å²) < 4.78 is 25.4. The molecule has 0 aliphatic rings. The number of fused-ring (bicyclic) bond motifs is 1. The lowest BCUT2D eigenvalue weighted by molar-refractivity contribution is -0.116. The number of nitrogens with zero attached hydrogens (tertiary/aromatic N) is 1. The molecule has 0 saturated heterocycles. The van der Waals surface area contributed by atoms with Crippen molar-refractivity contribution in [2.45, 2.75) is 6.42 Å². The van der Waals surface area contributed by atoms with Crippen LogP contribution in [0.25, 0.3) is 10.8 Å². The van der Waals surface area contributed by atoms with Crippen molar-refractivity contribution in [3.8, 4) is 0 Å². The van der Waals surface area contributed by atoms with Crippen molar-refractivity contribution < 1.29 is 13.2 Å². The van der Waals surface area contributed by atoms with Gasteiger partial charge in [0, 0.05) is 17.6 Å². The highest BCUT2D eigenvalue weighted by atomic mass is 32.2. The van der Waals surface area contributed by atoms with E-state index >= 15 is 0 Å². The first-order valence-corrected chi connectivity index (χ1v) is 10.5. The van der Waals surface area contributed by atoms with E-state index in [0.717, 1.165) is 22.6 Å². The molecule has 27 heavy (non-hydrogen) atoms. The Bertz CT molecular complexity index is 1030. The maximum absolute atomic E-state index is 12.5. The molecule has 0 spiro atoms. The number of anilines is 1. The molecule has 5 nitrogen and oxygen atoms in total. The van der Waals surface area contributed by atoms with E-state index in [-0.39, 0.29) is 19.0 Å². The number of amides is 1. The van der Waals surface area contributed by atoms with Gasteiger partial charge < -0.3 is 5.32 Å². The van der Waals surface area contributed by atoms with E-state index in [4.69, 9.17) is 0 Å². The molecule has 1 N–H and O–H groups in total. The Morgan fingerprint density at radius 3 is 2.33 bits per heavy atom. The zero-order chi connectivity index (χ0) is 19.3. The minimum atomic E-state index is -3.49. The topological polar surface area (TPSA) is 66.5 Å². The van der Waals surface area contributed by atoms with Crippen LogP contribution in [0.2, 0.25) is 0 Å². The lowest BCUT2D eigenvalue weighted by atomic mass is 10.1. The van der Waals surface area contributed by atoms with E-state index in [1.54, 1.807) is 0 Å². The average Bonchev–Trinajstić information content (AvgIpc) is 2.65. The van der Waals surface area contributed by atoms with Gasteiger partial charge in [0.05, 0.1) is 12.8 Å². The van der Waals surface area contributed by atoms with Gasteiger partial charge in [0.2, 0.25) is 15.9 Å². The number of carbonyl (C=O) groups excluding carboxylic acids is 1. The molecule has 3 aromatic rings. The van der Waals surface area contributed by atoms with Gasteiger partial charge in [-0.15, -0.1) is 0 Å². The number of carbonyl (C=O) groups is 1. The second-order valence-corrected chi connectivity index (χ2v) is 8.39. The third-order valence-electron chi connectivity index (χ3n) is 4.35. The standard InChI is InChI=1S/C21H22N2O3S/c1-27(25,26)23(15-14-17-8-3-2-4-9-17)16-21(24)22-20-13-7-11-18-10-5-6-12-19(18)20/h2-13H,14-16H2,1H3,(H,22,24). The van der Waals surface area contributed by atoms with E-state index in [2.05, 4.69) is 5.32 Å². The van der Waals surface area contributed by atoms with Crippen molar-refractivity contribution in [3.63, 3.8) is 0 Å². The van der Waals surface area contributed by atoms with Crippen LogP contribution >= 0.6 is 0 Å². The number of hydrogen-bond donors (Lipinski definition) is 1. The number of hydrogen-bond acceptors (Lipinski definition) is 3. The van der Waals surface area contributed by atoms with Crippen molar-refractivity contribution in [1.82, 2.24) is 4.31 Å². The highest BCUT2D eigenvalue weighted by Crippen LogP contribution is 2.22. The van der Waals surface area contributed by atoms with E-state index in [9.17, 15) is 13.2 Å². The summed E-state index contributed by atoms with van der Waals surface area (Å²) in [5, 5.41) is 4.77. The summed E-state index contributed by atoms with van der Waals surface area (Å²) >= 11 is 0. The van der Waals surface area contributed by atoms with Crippen LogP contribution in [0.5, 0.6) is 0 Å². The highest BCUT2D eigenvalue weighted by molar-refractivity contribution is 7.88. The normalized spacial score (nSPS) is 11.6. The molecule has 0 fully saturated rings. The van der Waals surface area contributed by atoms with Gasteiger partial charge in [-0.1, -0.05) is 66.7 Å². The van der Waals surface area contributed by atoms with Gasteiger partial charge in [0.15, 0.2) is 0 Å². The molecule has 0 heterocycles. The van der Waals surface area contributed by atoms with Crippen LogP contribution in [0.15, 0.2) is 72.8 Å². The molecule has 0 aliphatic heterocycles. The summed E-state index contributed by atoms with van der Waals surface area (Å²) in [6.07, 6.45) is 1.68. The molecular formula is C21H22N2O3S. The predicted molar refractivity (Wildman–Crippen MR) is 109 cm³/mol. The fourth-order valence-electron chi connectivity index (χ4n) is 2.94. The predicted octanol–water partition coefficient (Wildman–Crippen LogP) is 3.28. The first-order chi connectivity index (χ1) is 12.9. The molecule has 140 valence electrons. The molecule has 0 atom stereocenters. The first kappa shape index (κ1) is 19.1. The van der Waals surface area contributed by atoms with E-state index in [1.165, 1.54) is 4.31 Å². The summed E-state index contributed by atoms with van der Waals surface area (Å²) in [4.78, 5) is 12.5. The number of sulfonamides is 1. The summed E-state index contributed by atoms with van der Waals surface area (Å²) in [6.45, 7) is 0.0424. The molecule has 0 radical (unpaired) electrons. The molecule has 0 bridgehead atoms. The van der Waals surface area contributed by atoms with Crippen LogP contribution in [-0.4, -0.2) is 38.0 Å². The molecule has 3 aromatic carbocycles. The first-order valence-electron chi connectivity index (χ1n) is 8.70. The third kappa shape index (κ3) is 5.15. The quantitative estimate of drug-likeness (QED) is 0.682. The van der Waals surface area contributed by atoms with Crippen LogP contribution in [0.4, 0.5) is 5.69 Å². The van der Waals surface area contributed by atoms with E-state index in [0.29, 0.717) is 12.1 Å². The number of rotatable bonds is 7. The molecule has 0 aliphatic carbocycles. The molecule has 0 saturated carbocycles. The summed E-state index contributed by atoms with van der Waals surface area (Å²) in [5.41, 5.74) is 1.70. The summed E-state index contributed by atoms with van der Waals surface area (Å²) in [7, 11) is -3.49. The highest BCUT2D eigenvalue weighted by Gasteiger charge is 2.20. The second kappa shape index (κ2) is 8.33. The van der Waals surface area contributed by atoms with Gasteiger partial charge in [0.1, 0.15) is 0 Å². The van der Waals surface area contributed by atoms with Crippen molar-refractivity contribution in [3.05, 3.63) is 78.4 Å². The molecule has 3 rings (SSSR count). The number of nitrogens with one attached hydrogen (secondary N) is 1. The van der Waals surface area contributed by atoms with Gasteiger partial charge in [-0.2, -0.15) is 4.31 Å². The molecule has 0 unspecified atom stereocenters. The average molecular weight is 382 g/mol. The van der Waals surface area contributed by atoms with Crippen molar-refractivity contribution >= 4 is 32.4 Å². The molecule has 6 heteroatoms. The maximum atomic E-state index is 12.5. The minimum Gasteiger partial charge on any atom is -0.324 e. The largest absolute Gasteiger partial charge is 0.324 e. The summed E-state index contributed by atoms with van der Waals surface area (Å²) in [5.74, 6) is -0.357. The second-order valence-electron chi connectivity index (χ2n) is 6.41. The van der Waals surface area contributed by atoms with E-state index in [1.807, 2.05) is 72.8 Å². The number of benzene rings is 3. The Kier molecular flexibility index (Phi) is 5.88. The van der Waals surface area contributed by atoms with Crippen molar-refractivity contribution in [1.29, 1.82) is 0 Å². The SMILES string of the molecule is CS(=O)(=O)N(CCc1ccccc1)CC(=O)Nc1cccc2ccccc12. The Labute approximate surface area is 159 Å². The lowest BCUT2D eigenvalue weighted by Crippen LogP contribution is -2.38. The Hall–Kier alpha value is -2.70. The van der Waals surface area contributed by atoms with Gasteiger partial charge in [-0.05, 0) is 23.4 Å². The van der Waals surface area contributed by atoms with Crippen LogP contribution in [0, 0.1) is 0 Å². The fraction of sp³-hybridized carbons (Fsp3) is 0.190. The van der Waals surface area contributed by atoms with Crippen molar-refractivity contribution in [2.75, 3.05) is 24.7 Å². The molecule has 0 aromatic heterocycles. The lowest BCUT2D eigenvalue weighted by Gasteiger charge is -2.20. The molecule has 1 amide bonds. The maximum Gasteiger partial charge on any atom is 0.239 e. The minimum absolute atomic E-state index is 0.213. The Balaban J connectivity index is 1.70. The smallest absolute Gasteiger partial charge is 0.239 e. The van der Waals surface area contributed by atoms with Gasteiger partial charge >= 0.3 is 0 Å². The van der Waals surface area contributed by atoms with Gasteiger partial charge in [-0.25, -0.2) is 8.42 Å². The van der Waals surface area contributed by atoms with Crippen LogP contribution in [-0.2, 0) is 21.2 Å². The third-order valence-corrected chi connectivity index (χ3v) is 5.60. The van der Waals surface area contributed by atoms with Crippen LogP contribution < -0.4 is 5.32 Å². The Morgan fingerprint density at radius 2 is 1.59 bits per heavy atom. The molecular weight excluding hydrogens is 360 g/mol. The zero-order valence-corrected chi connectivity index (χ0v) is 15.9. The van der Waals surface area contributed by atoms with E-state index < -0.39 is 10.0 Å². The van der Waals surface area contributed by atoms with Gasteiger partial charge in [0.25, 0.3) is 0 Å². The fourth-order valence-corrected chi connectivity index (χ4v) is 3.72. The van der Waals surface area contributed by atoms with Crippen LogP contribution in [0.3, 0.4) is 0 Å². The van der Waals surface area contributed by atoms with Crippen LogP contribution in [0.1, 0.15) is 5.56 Å². The Morgan fingerprint density at radius 1 is 0.926 bits per heavy atom. The summed E-state index contributed by atoms with van der Waals surface area (Å²) in [6, 6.07) is 23.0. The zero-order valence-electron chi connectivity index (χ0n) is 15.1. The van der Waals surface area contributed by atoms with Gasteiger partial charge in [-0.3, -0.25) is 4.79 Å². The van der Waals surface area contributed by atoms with Crippen molar-refractivity contribution in [2.24, 2.45) is 0 Å². The monoisotopic (exact) mass is 382 g/mol.